The second-order valence-corrected chi connectivity index (χ2v) is 3.85. The van der Waals surface area contributed by atoms with E-state index >= 15 is 0 Å². The fraction of sp³-hybridized carbons (Fsp3) is 0.400. The lowest BCUT2D eigenvalue weighted by Gasteiger charge is -2.14. The van der Waals surface area contributed by atoms with Crippen molar-refractivity contribution in [3.8, 4) is 0 Å². The van der Waals surface area contributed by atoms with E-state index in [4.69, 9.17) is 5.73 Å². The van der Waals surface area contributed by atoms with Crippen LogP contribution in [0, 0.1) is 35.0 Å². The molecule has 0 aliphatic heterocycles. The molecule has 0 bridgehead atoms. The second kappa shape index (κ2) is 4.78. The first-order valence-electron chi connectivity index (χ1n) is 4.72. The van der Waals surface area contributed by atoms with Crippen LogP contribution in [0.5, 0.6) is 0 Å². The number of benzene rings is 1. The van der Waals surface area contributed by atoms with Crippen molar-refractivity contribution in [1.29, 1.82) is 0 Å². The van der Waals surface area contributed by atoms with Crippen LogP contribution >= 0.6 is 12.4 Å². The summed E-state index contributed by atoms with van der Waals surface area (Å²) in [7, 11) is 0. The van der Waals surface area contributed by atoms with Gasteiger partial charge in [0.15, 0.2) is 23.3 Å². The number of hydrogen-bond donors (Lipinski definition) is 1. The third kappa shape index (κ3) is 2.24. The van der Waals surface area contributed by atoms with Crippen molar-refractivity contribution >= 4 is 12.4 Å². The molecule has 1 aliphatic rings. The van der Waals surface area contributed by atoms with Crippen LogP contribution in [0.15, 0.2) is 0 Å². The van der Waals surface area contributed by atoms with Gasteiger partial charge in [0.2, 0.25) is 5.82 Å². The number of nitrogens with two attached hydrogens (primary N) is 1. The fourth-order valence-corrected chi connectivity index (χ4v) is 1.61. The Morgan fingerprint density at radius 1 is 0.824 bits per heavy atom. The molecule has 0 radical (unpaired) electrons. The Morgan fingerprint density at radius 3 is 1.53 bits per heavy atom. The lowest BCUT2D eigenvalue weighted by atomic mass is 10.0. The van der Waals surface area contributed by atoms with Crippen LogP contribution in [0.2, 0.25) is 0 Å². The molecule has 1 fully saturated rings. The van der Waals surface area contributed by atoms with Crippen LogP contribution in [0.4, 0.5) is 22.0 Å². The van der Waals surface area contributed by atoms with E-state index in [0.29, 0.717) is 12.8 Å². The lowest BCUT2D eigenvalue weighted by molar-refractivity contribution is 0.360. The molecule has 96 valence electrons. The molecule has 1 aromatic rings. The van der Waals surface area contributed by atoms with Gasteiger partial charge in [0, 0.05) is 11.6 Å². The highest BCUT2D eigenvalue weighted by Crippen LogP contribution is 2.41. The minimum absolute atomic E-state index is 0. The van der Waals surface area contributed by atoms with E-state index in [9.17, 15) is 22.0 Å². The lowest BCUT2D eigenvalue weighted by Crippen LogP contribution is -2.19. The molecule has 17 heavy (non-hydrogen) atoms. The van der Waals surface area contributed by atoms with Gasteiger partial charge in [0.05, 0.1) is 0 Å². The van der Waals surface area contributed by atoms with Gasteiger partial charge in [-0.05, 0) is 18.8 Å². The molecule has 7 heteroatoms. The van der Waals surface area contributed by atoms with Crippen molar-refractivity contribution < 1.29 is 22.0 Å². The van der Waals surface area contributed by atoms with E-state index in [2.05, 4.69) is 0 Å². The Morgan fingerprint density at radius 2 is 1.18 bits per heavy atom. The van der Waals surface area contributed by atoms with Gasteiger partial charge in [0.1, 0.15) is 0 Å². The molecule has 0 saturated heterocycles. The topological polar surface area (TPSA) is 26.0 Å². The highest BCUT2D eigenvalue weighted by atomic mass is 35.5. The maximum atomic E-state index is 13.2. The third-order valence-electron chi connectivity index (χ3n) is 2.71. The van der Waals surface area contributed by atoms with Crippen molar-refractivity contribution in [2.45, 2.75) is 18.9 Å². The van der Waals surface area contributed by atoms with Crippen LogP contribution in [0.1, 0.15) is 24.4 Å². The number of rotatable bonds is 2. The summed E-state index contributed by atoms with van der Waals surface area (Å²) < 4.78 is 64.9. The third-order valence-corrected chi connectivity index (χ3v) is 2.71. The molecule has 1 saturated carbocycles. The van der Waals surface area contributed by atoms with Crippen LogP contribution in [-0.2, 0) is 0 Å². The SMILES string of the molecule is Cl.N[C@H](c1c(F)c(F)c(F)c(F)c1F)C1CC1. The van der Waals surface area contributed by atoms with Crippen molar-refractivity contribution in [3.63, 3.8) is 0 Å². The quantitative estimate of drug-likeness (QED) is 0.500. The zero-order valence-electron chi connectivity index (χ0n) is 8.44. The van der Waals surface area contributed by atoms with Gasteiger partial charge in [-0.25, -0.2) is 22.0 Å². The summed E-state index contributed by atoms with van der Waals surface area (Å²) in [6.07, 6.45) is 1.28. The smallest absolute Gasteiger partial charge is 0.200 e. The summed E-state index contributed by atoms with van der Waals surface area (Å²) in [5, 5.41) is 0. The van der Waals surface area contributed by atoms with Gasteiger partial charge in [-0.2, -0.15) is 0 Å². The number of hydrogen-bond acceptors (Lipinski definition) is 1. The first-order valence-corrected chi connectivity index (χ1v) is 4.72. The average Bonchev–Trinajstić information content (AvgIpc) is 3.07. The predicted octanol–water partition coefficient (Wildman–Crippen LogP) is 3.21. The average molecular weight is 274 g/mol. The van der Waals surface area contributed by atoms with E-state index in [-0.39, 0.29) is 18.3 Å². The van der Waals surface area contributed by atoms with Gasteiger partial charge < -0.3 is 5.73 Å². The Hall–Kier alpha value is -0.880. The van der Waals surface area contributed by atoms with Crippen LogP contribution in [-0.4, -0.2) is 0 Å². The largest absolute Gasteiger partial charge is 0.324 e. The predicted molar refractivity (Wildman–Crippen MR) is 53.1 cm³/mol. The highest BCUT2D eigenvalue weighted by molar-refractivity contribution is 5.85. The molecule has 1 aromatic carbocycles. The molecule has 0 unspecified atom stereocenters. The Bertz CT molecular complexity index is 418. The van der Waals surface area contributed by atoms with E-state index in [1.807, 2.05) is 0 Å². The zero-order chi connectivity index (χ0) is 12.0. The van der Waals surface area contributed by atoms with Crippen molar-refractivity contribution in [2.24, 2.45) is 11.7 Å². The Labute approximate surface area is 100 Å². The minimum atomic E-state index is -2.15. The molecular weight excluding hydrogens is 265 g/mol. The standard InChI is InChI=1S/C10H8F5N.ClH/c11-5-4(10(16)3-1-2-3)6(12)8(14)9(15)7(5)13;/h3,10H,1-2,16H2;1H/t10-;/m0./s1. The Balaban J connectivity index is 0.00000144. The molecule has 2 N–H and O–H groups in total. The maximum absolute atomic E-state index is 13.2. The fourth-order valence-electron chi connectivity index (χ4n) is 1.61. The molecular formula is C10H9ClF5N. The van der Waals surface area contributed by atoms with Crippen LogP contribution < -0.4 is 5.73 Å². The maximum Gasteiger partial charge on any atom is 0.200 e. The number of halogens is 6. The van der Waals surface area contributed by atoms with E-state index < -0.39 is 40.7 Å². The molecule has 2 rings (SSSR count). The molecule has 0 heterocycles. The summed E-state index contributed by atoms with van der Waals surface area (Å²) in [5.41, 5.74) is 4.55. The molecule has 0 spiro atoms. The summed E-state index contributed by atoms with van der Waals surface area (Å²) in [4.78, 5) is 0. The van der Waals surface area contributed by atoms with Crippen LogP contribution in [0.3, 0.4) is 0 Å². The zero-order valence-corrected chi connectivity index (χ0v) is 9.26. The first kappa shape index (κ1) is 14.2. The van der Waals surface area contributed by atoms with Gasteiger partial charge in [-0.15, -0.1) is 12.4 Å². The van der Waals surface area contributed by atoms with Gasteiger partial charge >= 0.3 is 0 Å². The summed E-state index contributed by atoms with van der Waals surface area (Å²) in [6.45, 7) is 0. The monoisotopic (exact) mass is 273 g/mol. The highest BCUT2D eigenvalue weighted by Gasteiger charge is 2.36. The minimum Gasteiger partial charge on any atom is -0.324 e. The van der Waals surface area contributed by atoms with Gasteiger partial charge in [-0.3, -0.25) is 0 Å². The molecule has 1 nitrogen and oxygen atoms in total. The normalized spacial score (nSPS) is 16.6. The van der Waals surface area contributed by atoms with E-state index in [1.54, 1.807) is 0 Å². The molecule has 0 amide bonds. The van der Waals surface area contributed by atoms with Gasteiger partial charge in [-0.1, -0.05) is 0 Å². The van der Waals surface area contributed by atoms with Crippen molar-refractivity contribution in [2.75, 3.05) is 0 Å². The Kier molecular flexibility index (Phi) is 3.99. The summed E-state index contributed by atoms with van der Waals surface area (Å²) in [5.74, 6) is -9.88. The van der Waals surface area contributed by atoms with Crippen molar-refractivity contribution in [1.82, 2.24) is 0 Å². The molecule has 0 aromatic heterocycles. The van der Waals surface area contributed by atoms with Crippen molar-refractivity contribution in [3.05, 3.63) is 34.6 Å². The first-order chi connectivity index (χ1) is 7.45. The molecule has 1 aliphatic carbocycles. The summed E-state index contributed by atoms with van der Waals surface area (Å²) in [6, 6.07) is -1.13. The second-order valence-electron chi connectivity index (χ2n) is 3.85. The van der Waals surface area contributed by atoms with Crippen LogP contribution in [0.25, 0.3) is 0 Å². The summed E-state index contributed by atoms with van der Waals surface area (Å²) >= 11 is 0. The van der Waals surface area contributed by atoms with E-state index in [0.717, 1.165) is 0 Å². The van der Waals surface area contributed by atoms with Gasteiger partial charge in [0.25, 0.3) is 0 Å². The van der Waals surface area contributed by atoms with E-state index in [1.165, 1.54) is 0 Å². The molecule has 1 atom stereocenters.